The summed E-state index contributed by atoms with van der Waals surface area (Å²) in [6, 6.07) is 1.09. The molecule has 1 amide bonds. The van der Waals surface area contributed by atoms with Gasteiger partial charge in [-0.3, -0.25) is 4.57 Å². The molecule has 1 atom stereocenters. The van der Waals surface area contributed by atoms with E-state index in [1.165, 1.54) is 4.90 Å². The van der Waals surface area contributed by atoms with Gasteiger partial charge in [0.1, 0.15) is 11.6 Å². The molecule has 2 rings (SSSR count). The highest BCUT2D eigenvalue weighted by atomic mass is 79.9. The Labute approximate surface area is 120 Å². The minimum absolute atomic E-state index is 0.195. The van der Waals surface area contributed by atoms with Crippen LogP contribution in [0.2, 0.25) is 0 Å². The van der Waals surface area contributed by atoms with Crippen molar-refractivity contribution in [3.8, 4) is 0 Å². The monoisotopic (exact) mass is 328 g/mol. The van der Waals surface area contributed by atoms with Crippen LogP contribution < -0.4 is 0 Å². The summed E-state index contributed by atoms with van der Waals surface area (Å²) in [6.07, 6.45) is 1.71. The summed E-state index contributed by atoms with van der Waals surface area (Å²) >= 11 is 3.33. The maximum Gasteiger partial charge on any atom is 0.329 e. The zero-order chi connectivity index (χ0) is 14.4. The van der Waals surface area contributed by atoms with E-state index in [2.05, 4.69) is 15.9 Å². The molecule has 0 radical (unpaired) electrons. The molecule has 1 aliphatic heterocycles. The Balaban J connectivity index is 2.11. The molecule has 0 aromatic carbocycles. The molecule has 1 unspecified atom stereocenters. The molecular formula is C13H17BrN2O3. The number of carbonyl (C=O) groups excluding carboxylic acids is 2. The first kappa shape index (κ1) is 14.1. The van der Waals surface area contributed by atoms with Gasteiger partial charge >= 0.3 is 12.0 Å². The van der Waals surface area contributed by atoms with Crippen LogP contribution in [0.4, 0.5) is 4.79 Å². The van der Waals surface area contributed by atoms with Crippen LogP contribution in [0.3, 0.4) is 0 Å². The Morgan fingerprint density at radius 2 is 2.11 bits per heavy atom. The highest BCUT2D eigenvalue weighted by Crippen LogP contribution is 2.25. The van der Waals surface area contributed by atoms with Gasteiger partial charge in [0, 0.05) is 16.4 Å². The largest absolute Gasteiger partial charge is 0.458 e. The minimum atomic E-state index is -0.592. The van der Waals surface area contributed by atoms with Crippen molar-refractivity contribution in [1.29, 1.82) is 0 Å². The molecule has 0 fully saturated rings. The Kier molecular flexibility index (Phi) is 3.47. The summed E-state index contributed by atoms with van der Waals surface area (Å²) in [5.74, 6) is -0.384. The maximum atomic E-state index is 12.2. The standard InChI is InChI=1S/C13H17BrN2O3/c1-8(11(17)19-13(2,3)4)15-7-10-5-9(14)6-16(10)12(15)18/h5-6,8H,7H2,1-4H3. The normalized spacial score (nSPS) is 16.5. The lowest BCUT2D eigenvalue weighted by molar-refractivity contribution is -0.159. The molecule has 104 valence electrons. The van der Waals surface area contributed by atoms with Crippen LogP contribution in [0, 0.1) is 0 Å². The number of halogens is 1. The first-order valence-corrected chi connectivity index (χ1v) is 6.89. The summed E-state index contributed by atoms with van der Waals surface area (Å²) in [5.41, 5.74) is 0.319. The highest BCUT2D eigenvalue weighted by molar-refractivity contribution is 9.10. The fourth-order valence-corrected chi connectivity index (χ4v) is 2.44. The van der Waals surface area contributed by atoms with Crippen LogP contribution in [-0.2, 0) is 16.1 Å². The minimum Gasteiger partial charge on any atom is -0.458 e. The number of aromatic nitrogens is 1. The molecule has 0 aliphatic carbocycles. The lowest BCUT2D eigenvalue weighted by atomic mass is 10.2. The molecule has 1 aliphatic rings. The van der Waals surface area contributed by atoms with Crippen LogP contribution in [0.1, 0.15) is 33.4 Å². The van der Waals surface area contributed by atoms with E-state index in [4.69, 9.17) is 4.74 Å². The third kappa shape index (κ3) is 2.83. The molecule has 0 saturated heterocycles. The van der Waals surface area contributed by atoms with Gasteiger partial charge in [0.2, 0.25) is 0 Å². The van der Waals surface area contributed by atoms with Gasteiger partial charge in [0.05, 0.1) is 6.54 Å². The molecule has 2 heterocycles. The molecule has 19 heavy (non-hydrogen) atoms. The summed E-state index contributed by atoms with van der Waals surface area (Å²) < 4.78 is 7.72. The predicted octanol–water partition coefficient (Wildman–Crippen LogP) is 2.76. The molecule has 0 bridgehead atoms. The van der Waals surface area contributed by atoms with Crippen molar-refractivity contribution in [2.45, 2.75) is 45.9 Å². The smallest absolute Gasteiger partial charge is 0.329 e. The van der Waals surface area contributed by atoms with Crippen molar-refractivity contribution >= 4 is 27.9 Å². The number of hydrogen-bond donors (Lipinski definition) is 0. The number of hydrogen-bond acceptors (Lipinski definition) is 3. The summed E-state index contributed by atoms with van der Waals surface area (Å²) in [4.78, 5) is 25.7. The van der Waals surface area contributed by atoms with Crippen molar-refractivity contribution in [3.05, 3.63) is 22.4 Å². The summed E-state index contributed by atoms with van der Waals surface area (Å²) in [7, 11) is 0. The van der Waals surface area contributed by atoms with Crippen LogP contribution in [0.5, 0.6) is 0 Å². The fraction of sp³-hybridized carbons (Fsp3) is 0.538. The molecule has 6 heteroatoms. The number of fused-ring (bicyclic) bond motifs is 1. The predicted molar refractivity (Wildman–Crippen MR) is 73.8 cm³/mol. The Morgan fingerprint density at radius 1 is 1.47 bits per heavy atom. The second kappa shape index (κ2) is 4.67. The quantitative estimate of drug-likeness (QED) is 0.784. The lowest BCUT2D eigenvalue weighted by Gasteiger charge is -2.26. The van der Waals surface area contributed by atoms with Crippen molar-refractivity contribution in [1.82, 2.24) is 9.47 Å². The second-order valence-electron chi connectivity index (χ2n) is 5.64. The van der Waals surface area contributed by atoms with Gasteiger partial charge < -0.3 is 9.64 Å². The second-order valence-corrected chi connectivity index (χ2v) is 6.56. The van der Waals surface area contributed by atoms with Gasteiger partial charge in [-0.15, -0.1) is 0 Å². The lowest BCUT2D eigenvalue weighted by Crippen LogP contribution is -2.43. The van der Waals surface area contributed by atoms with E-state index in [1.807, 2.05) is 26.8 Å². The summed E-state index contributed by atoms with van der Waals surface area (Å²) in [5, 5.41) is 0. The zero-order valence-electron chi connectivity index (χ0n) is 11.4. The van der Waals surface area contributed by atoms with E-state index >= 15 is 0 Å². The third-order valence-electron chi connectivity index (χ3n) is 2.87. The molecular weight excluding hydrogens is 312 g/mol. The molecule has 0 N–H and O–H groups in total. The fourth-order valence-electron chi connectivity index (χ4n) is 1.97. The van der Waals surface area contributed by atoms with Crippen LogP contribution in [-0.4, -0.2) is 33.1 Å². The molecule has 1 aromatic rings. The van der Waals surface area contributed by atoms with E-state index in [9.17, 15) is 9.59 Å². The molecule has 0 saturated carbocycles. The number of nitrogens with zero attached hydrogens (tertiary/aromatic N) is 2. The van der Waals surface area contributed by atoms with E-state index in [0.29, 0.717) is 6.54 Å². The first-order chi connectivity index (χ1) is 8.69. The van der Waals surface area contributed by atoms with Gasteiger partial charge in [-0.05, 0) is 49.7 Å². The number of amides is 1. The number of ether oxygens (including phenoxy) is 1. The van der Waals surface area contributed by atoms with Crippen molar-refractivity contribution in [3.63, 3.8) is 0 Å². The number of rotatable bonds is 2. The highest BCUT2D eigenvalue weighted by Gasteiger charge is 2.35. The summed E-state index contributed by atoms with van der Waals surface area (Å²) in [6.45, 7) is 7.54. The Hall–Kier alpha value is -1.30. The van der Waals surface area contributed by atoms with E-state index < -0.39 is 11.6 Å². The first-order valence-electron chi connectivity index (χ1n) is 6.09. The van der Waals surface area contributed by atoms with Crippen LogP contribution in [0.15, 0.2) is 16.7 Å². The zero-order valence-corrected chi connectivity index (χ0v) is 13.0. The molecule has 1 aromatic heterocycles. The van der Waals surface area contributed by atoms with Crippen molar-refractivity contribution in [2.75, 3.05) is 0 Å². The number of esters is 1. The van der Waals surface area contributed by atoms with Gasteiger partial charge in [0.15, 0.2) is 0 Å². The van der Waals surface area contributed by atoms with Crippen LogP contribution in [0.25, 0.3) is 0 Å². The maximum absolute atomic E-state index is 12.2. The topological polar surface area (TPSA) is 51.5 Å². The average molecular weight is 329 g/mol. The Bertz CT molecular complexity index is 530. The van der Waals surface area contributed by atoms with E-state index in [-0.39, 0.29) is 12.0 Å². The SMILES string of the molecule is CC(C(=O)OC(C)(C)C)N1Cc2cc(Br)cn2C1=O. The van der Waals surface area contributed by atoms with Gasteiger partial charge in [0.25, 0.3) is 0 Å². The van der Waals surface area contributed by atoms with E-state index in [0.717, 1.165) is 10.2 Å². The average Bonchev–Trinajstić information content (AvgIpc) is 2.74. The number of carbonyl (C=O) groups is 2. The molecule has 0 spiro atoms. The van der Waals surface area contributed by atoms with Gasteiger partial charge in [-0.2, -0.15) is 0 Å². The van der Waals surface area contributed by atoms with Gasteiger partial charge in [-0.1, -0.05) is 0 Å². The molecule has 5 nitrogen and oxygen atoms in total. The van der Waals surface area contributed by atoms with Crippen molar-refractivity contribution in [2.24, 2.45) is 0 Å². The third-order valence-corrected chi connectivity index (χ3v) is 3.30. The van der Waals surface area contributed by atoms with Gasteiger partial charge in [-0.25, -0.2) is 9.59 Å². The van der Waals surface area contributed by atoms with E-state index in [1.54, 1.807) is 17.7 Å². The van der Waals surface area contributed by atoms with Crippen molar-refractivity contribution < 1.29 is 14.3 Å². The van der Waals surface area contributed by atoms with Crippen LogP contribution >= 0.6 is 15.9 Å². The Morgan fingerprint density at radius 3 is 2.63 bits per heavy atom.